The highest BCUT2D eigenvalue weighted by atomic mass is 16.7. The van der Waals surface area contributed by atoms with Crippen molar-refractivity contribution in [3.63, 3.8) is 0 Å². The van der Waals surface area contributed by atoms with Crippen LogP contribution in [-0.2, 0) is 28.5 Å². The van der Waals surface area contributed by atoms with Crippen molar-refractivity contribution in [1.82, 2.24) is 0 Å². The molecule has 16 heteroatoms. The molecule has 3 aliphatic rings. The first-order valence-electron chi connectivity index (χ1n) is 15.0. The largest absolute Gasteiger partial charge is 0.484 e. The second kappa shape index (κ2) is 13.9. The van der Waals surface area contributed by atoms with Gasteiger partial charge in [-0.1, -0.05) is 6.08 Å². The quantitative estimate of drug-likeness (QED) is 0.0964. The van der Waals surface area contributed by atoms with Gasteiger partial charge in [0.05, 0.1) is 18.8 Å². The Kier molecular flexibility index (Phi) is 10.4. The van der Waals surface area contributed by atoms with Gasteiger partial charge in [0.1, 0.15) is 71.9 Å². The summed E-state index contributed by atoms with van der Waals surface area (Å²) in [6.45, 7) is 5.14. The smallest absolute Gasteiger partial charge is 0.336 e. The van der Waals surface area contributed by atoms with Gasteiger partial charge in [-0.05, 0) is 45.9 Å². The molecule has 12 unspecified atom stereocenters. The van der Waals surface area contributed by atoms with Crippen LogP contribution in [0.3, 0.4) is 0 Å². The Morgan fingerprint density at radius 2 is 1.51 bits per heavy atom. The summed E-state index contributed by atoms with van der Waals surface area (Å²) in [6, 6.07) is 6.04. The number of aliphatic hydroxyl groups is 7. The van der Waals surface area contributed by atoms with Gasteiger partial charge in [0.2, 0.25) is 0 Å². The third kappa shape index (κ3) is 6.81. The number of hydrogen-bond acceptors (Lipinski definition) is 16. The Morgan fingerprint density at radius 1 is 0.894 bits per heavy atom. The van der Waals surface area contributed by atoms with Gasteiger partial charge in [0, 0.05) is 17.0 Å². The summed E-state index contributed by atoms with van der Waals surface area (Å²) < 4.78 is 40.6. The third-order valence-corrected chi connectivity index (χ3v) is 8.62. The van der Waals surface area contributed by atoms with Gasteiger partial charge < -0.3 is 68.6 Å². The molecule has 0 amide bonds. The molecule has 0 bridgehead atoms. The van der Waals surface area contributed by atoms with E-state index < -0.39 is 104 Å². The van der Waals surface area contributed by atoms with Crippen LogP contribution >= 0.6 is 0 Å². The van der Waals surface area contributed by atoms with Gasteiger partial charge in [0.15, 0.2) is 18.7 Å². The van der Waals surface area contributed by atoms with Crippen molar-refractivity contribution in [3.05, 3.63) is 51.9 Å². The second-order valence-corrected chi connectivity index (χ2v) is 12.3. The lowest BCUT2D eigenvalue weighted by molar-refractivity contribution is -0.346. The van der Waals surface area contributed by atoms with Crippen LogP contribution in [0.5, 0.6) is 5.75 Å². The number of fused-ring (bicyclic) bond motifs is 3. The molecule has 1 aromatic heterocycles. The van der Waals surface area contributed by atoms with Crippen LogP contribution < -0.4 is 10.4 Å². The third-order valence-electron chi connectivity index (χ3n) is 8.62. The molecule has 12 atom stereocenters. The first kappa shape index (κ1) is 35.3. The highest BCUT2D eigenvalue weighted by molar-refractivity contribution is 5.89. The van der Waals surface area contributed by atoms with Crippen molar-refractivity contribution in [2.45, 2.75) is 107 Å². The second-order valence-electron chi connectivity index (χ2n) is 12.3. The zero-order chi connectivity index (χ0) is 34.4. The average Bonchev–Trinajstić information content (AvgIpc) is 3.04. The number of benzene rings is 1. The van der Waals surface area contributed by atoms with Gasteiger partial charge in [-0.15, -0.1) is 0 Å². The van der Waals surface area contributed by atoms with E-state index in [1.165, 1.54) is 12.1 Å². The molecular formula is C31H40O16. The van der Waals surface area contributed by atoms with Crippen LogP contribution in [0.15, 0.2) is 45.1 Å². The summed E-state index contributed by atoms with van der Waals surface area (Å²) in [5.74, 6) is -0.490. The van der Waals surface area contributed by atoms with E-state index in [0.717, 1.165) is 0 Å². The molecule has 0 saturated carbocycles. The van der Waals surface area contributed by atoms with Gasteiger partial charge in [-0.25, -0.2) is 9.59 Å². The summed E-state index contributed by atoms with van der Waals surface area (Å²) in [6.07, 6.45) is -17.5. The van der Waals surface area contributed by atoms with E-state index in [0.29, 0.717) is 5.39 Å². The molecule has 7 N–H and O–H groups in total. The summed E-state index contributed by atoms with van der Waals surface area (Å²) in [5, 5.41) is 72.8. The Morgan fingerprint density at radius 3 is 2.17 bits per heavy atom. The lowest BCUT2D eigenvalue weighted by Gasteiger charge is -2.47. The molecule has 0 radical (unpaired) electrons. The molecule has 2 aromatic rings. The molecule has 3 aliphatic heterocycles. The van der Waals surface area contributed by atoms with E-state index in [9.17, 15) is 45.3 Å². The number of hydrogen-bond donors (Lipinski definition) is 7. The number of carbonyl (C=O) groups excluding carboxylic acids is 1. The Hall–Kier alpha value is -3.00. The SMILES string of the molecule is C/C=C(/C)C(=O)OC1c2c(ccc3ccc(=O)oc23)OC(C)(C)C1OC1OC(COC2OC(CO)C(O)C(O)C2O)C(O)C(O)C1O. The molecule has 2 fully saturated rings. The van der Waals surface area contributed by atoms with Crippen LogP contribution in [-0.4, -0.2) is 128 Å². The van der Waals surface area contributed by atoms with Crippen molar-refractivity contribution in [2.75, 3.05) is 13.2 Å². The highest BCUT2D eigenvalue weighted by Gasteiger charge is 2.53. The molecule has 1 aromatic carbocycles. The van der Waals surface area contributed by atoms with Crippen LogP contribution in [0.2, 0.25) is 0 Å². The van der Waals surface area contributed by atoms with Crippen molar-refractivity contribution < 1.29 is 73.4 Å². The summed E-state index contributed by atoms with van der Waals surface area (Å²) in [4.78, 5) is 25.4. The summed E-state index contributed by atoms with van der Waals surface area (Å²) in [7, 11) is 0. The van der Waals surface area contributed by atoms with Gasteiger partial charge in [-0.2, -0.15) is 0 Å². The average molecular weight is 669 g/mol. The van der Waals surface area contributed by atoms with E-state index in [1.807, 2.05) is 0 Å². The van der Waals surface area contributed by atoms with Gasteiger partial charge >= 0.3 is 11.6 Å². The molecule has 4 heterocycles. The number of ether oxygens (including phenoxy) is 6. The summed E-state index contributed by atoms with van der Waals surface area (Å²) >= 11 is 0. The molecular weight excluding hydrogens is 628 g/mol. The van der Waals surface area contributed by atoms with E-state index in [1.54, 1.807) is 45.9 Å². The van der Waals surface area contributed by atoms with Crippen molar-refractivity contribution >= 4 is 16.9 Å². The normalized spacial score (nSPS) is 37.2. The number of carbonyl (C=O) groups is 1. The van der Waals surface area contributed by atoms with Crippen LogP contribution in [0.1, 0.15) is 39.4 Å². The first-order valence-corrected chi connectivity index (χ1v) is 15.0. The number of rotatable bonds is 8. The molecule has 47 heavy (non-hydrogen) atoms. The van der Waals surface area contributed by atoms with Crippen LogP contribution in [0, 0.1) is 0 Å². The minimum absolute atomic E-state index is 0.0707. The predicted molar refractivity (Wildman–Crippen MR) is 157 cm³/mol. The van der Waals surface area contributed by atoms with E-state index in [2.05, 4.69) is 0 Å². The van der Waals surface area contributed by atoms with Crippen molar-refractivity contribution in [3.8, 4) is 5.75 Å². The molecule has 0 aliphatic carbocycles. The minimum atomic E-state index is -1.85. The van der Waals surface area contributed by atoms with Gasteiger partial charge in [0.25, 0.3) is 0 Å². The number of esters is 1. The lowest BCUT2D eigenvalue weighted by atomic mass is 9.86. The highest BCUT2D eigenvalue weighted by Crippen LogP contribution is 2.47. The zero-order valence-electron chi connectivity index (χ0n) is 26.0. The fourth-order valence-electron chi connectivity index (χ4n) is 5.74. The number of aliphatic hydroxyl groups excluding tert-OH is 7. The predicted octanol–water partition coefficient (Wildman–Crippen LogP) is -1.48. The molecule has 5 rings (SSSR count). The Bertz CT molecular complexity index is 1520. The molecule has 0 spiro atoms. The van der Waals surface area contributed by atoms with Crippen LogP contribution in [0.25, 0.3) is 11.0 Å². The molecule has 16 nitrogen and oxygen atoms in total. The Balaban J connectivity index is 1.45. The topological polar surface area (TPSA) is 244 Å². The molecule has 2 saturated heterocycles. The maximum absolute atomic E-state index is 13.1. The Labute approximate surface area is 268 Å². The van der Waals surface area contributed by atoms with E-state index >= 15 is 0 Å². The van der Waals surface area contributed by atoms with E-state index in [-0.39, 0.29) is 22.5 Å². The minimum Gasteiger partial charge on any atom is -0.484 e. The lowest BCUT2D eigenvalue weighted by Crippen LogP contribution is -2.63. The maximum atomic E-state index is 13.1. The van der Waals surface area contributed by atoms with Crippen molar-refractivity contribution in [1.29, 1.82) is 0 Å². The fourth-order valence-corrected chi connectivity index (χ4v) is 5.74. The van der Waals surface area contributed by atoms with Gasteiger partial charge in [-0.3, -0.25) is 0 Å². The molecule has 260 valence electrons. The van der Waals surface area contributed by atoms with E-state index in [4.69, 9.17) is 32.8 Å². The maximum Gasteiger partial charge on any atom is 0.336 e. The van der Waals surface area contributed by atoms with Crippen LogP contribution in [0.4, 0.5) is 0 Å². The van der Waals surface area contributed by atoms with Crippen molar-refractivity contribution in [2.24, 2.45) is 0 Å². The first-order chi connectivity index (χ1) is 22.2. The number of allylic oxidation sites excluding steroid dienone is 1. The fraction of sp³-hybridized carbons (Fsp3) is 0.613. The standard InChI is InChI=1S/C31H40O16/c1-5-12(2)28(40)45-26-18-14(8-6-13-7-9-17(33)44-25(13)18)47-31(3,4)27(26)46-30-24(39)22(37)20(35)16(43-30)11-41-29-23(38)21(36)19(34)15(10-32)42-29/h5-9,15-16,19-24,26-27,29-30,32,34-39H,10-11H2,1-4H3/b12-5-. The summed E-state index contributed by atoms with van der Waals surface area (Å²) in [5.41, 5.74) is -1.48. The zero-order valence-corrected chi connectivity index (χ0v) is 26.0. The monoisotopic (exact) mass is 668 g/mol.